The summed E-state index contributed by atoms with van der Waals surface area (Å²) in [6, 6.07) is 5.21. The fourth-order valence-electron chi connectivity index (χ4n) is 1.93. The Balaban J connectivity index is 2.35. The van der Waals surface area contributed by atoms with Crippen LogP contribution in [0.3, 0.4) is 0 Å². The van der Waals surface area contributed by atoms with E-state index in [1.807, 2.05) is 0 Å². The van der Waals surface area contributed by atoms with Gasteiger partial charge < -0.3 is 15.8 Å². The molecule has 129 valence electrons. The molecule has 0 heterocycles. The highest BCUT2D eigenvalue weighted by atomic mass is 35.5. The Morgan fingerprint density at radius 2 is 1.92 bits per heavy atom. The largest absolute Gasteiger partial charge is 0.453 e. The highest BCUT2D eigenvalue weighted by Crippen LogP contribution is 2.39. The molecule has 0 aliphatic carbocycles. The molecule has 1 radical (unpaired) electrons. The van der Waals surface area contributed by atoms with Crippen LogP contribution in [0.5, 0.6) is 11.5 Å². The second kappa shape index (κ2) is 6.76. The molecule has 0 fully saturated rings. The maximum Gasteiger partial charge on any atom is 0.416 e. The third-order valence-electron chi connectivity index (χ3n) is 2.97. The Morgan fingerprint density at radius 3 is 2.46 bits per heavy atom. The lowest BCUT2D eigenvalue weighted by atomic mass is 10.2. The van der Waals surface area contributed by atoms with Gasteiger partial charge >= 0.3 is 6.18 Å². The van der Waals surface area contributed by atoms with Gasteiger partial charge in [-0.05, 0) is 38.1 Å². The van der Waals surface area contributed by atoms with Crippen LogP contribution >= 0.6 is 11.6 Å². The summed E-state index contributed by atoms with van der Waals surface area (Å²) in [5.74, 6) is -1.55. The Labute approximate surface area is 141 Å². The summed E-state index contributed by atoms with van der Waals surface area (Å²) in [6.07, 6.45) is -4.70. The van der Waals surface area contributed by atoms with E-state index in [4.69, 9.17) is 22.1 Å². The van der Waals surface area contributed by atoms with Gasteiger partial charge in [0, 0.05) is 12.1 Å². The topological polar surface area (TPSA) is 47.3 Å². The number of alkyl halides is 3. The van der Waals surface area contributed by atoms with Crippen molar-refractivity contribution in [3.8, 4) is 11.5 Å². The second-order valence-electron chi connectivity index (χ2n) is 5.16. The molecule has 0 aliphatic heterocycles. The van der Waals surface area contributed by atoms with Crippen molar-refractivity contribution < 1.29 is 22.3 Å². The minimum absolute atomic E-state index is 0.158. The van der Waals surface area contributed by atoms with Crippen molar-refractivity contribution in [1.29, 1.82) is 0 Å². The molecular weight excluding hydrogens is 348 g/mol. The molecule has 0 aromatic heterocycles. The van der Waals surface area contributed by atoms with Crippen LogP contribution < -0.4 is 15.8 Å². The Kier molecular flexibility index (Phi) is 5.13. The first-order valence-corrected chi connectivity index (χ1v) is 7.19. The number of halogens is 5. The fraction of sp³-hybridized carbons (Fsp3) is 0.188. The maximum absolute atomic E-state index is 14.0. The van der Waals surface area contributed by atoms with Gasteiger partial charge in [-0.2, -0.15) is 13.2 Å². The maximum atomic E-state index is 14.0. The average molecular weight is 362 g/mol. The zero-order valence-electron chi connectivity index (χ0n) is 12.5. The highest BCUT2D eigenvalue weighted by molar-refractivity contribution is 6.32. The van der Waals surface area contributed by atoms with Gasteiger partial charge in [-0.3, -0.25) is 0 Å². The molecule has 1 atom stereocenters. The number of rotatable bonds is 4. The van der Waals surface area contributed by atoms with E-state index in [9.17, 15) is 17.6 Å². The summed E-state index contributed by atoms with van der Waals surface area (Å²) >= 11 is 5.73. The molecule has 24 heavy (non-hydrogen) atoms. The van der Waals surface area contributed by atoms with Gasteiger partial charge in [0.25, 0.3) is 0 Å². The SMILES string of the molecule is [CH2]C(C)Nc1cc(Oc2c(F)cc(C(F)(F)F)cc2Cl)ccc1N. The van der Waals surface area contributed by atoms with Crippen LogP contribution in [0, 0.1) is 12.7 Å². The summed E-state index contributed by atoms with van der Waals surface area (Å²) < 4.78 is 57.1. The monoisotopic (exact) mass is 361 g/mol. The van der Waals surface area contributed by atoms with Crippen molar-refractivity contribution >= 4 is 23.0 Å². The van der Waals surface area contributed by atoms with E-state index in [1.54, 1.807) is 6.92 Å². The van der Waals surface area contributed by atoms with Gasteiger partial charge in [-0.1, -0.05) is 11.6 Å². The van der Waals surface area contributed by atoms with E-state index in [0.29, 0.717) is 23.5 Å². The minimum Gasteiger partial charge on any atom is -0.453 e. The van der Waals surface area contributed by atoms with Crippen molar-refractivity contribution in [3.05, 3.63) is 53.7 Å². The van der Waals surface area contributed by atoms with Gasteiger partial charge in [0.15, 0.2) is 11.6 Å². The molecule has 2 aromatic rings. The molecule has 3 nitrogen and oxygen atoms in total. The number of nitrogens with two attached hydrogens (primary N) is 1. The number of nitrogen functional groups attached to an aromatic ring is 1. The molecular formula is C16H14ClF4N2O. The van der Waals surface area contributed by atoms with Crippen molar-refractivity contribution in [2.24, 2.45) is 0 Å². The molecule has 0 saturated heterocycles. The molecule has 1 unspecified atom stereocenters. The molecule has 2 aromatic carbocycles. The van der Waals surface area contributed by atoms with Gasteiger partial charge in [0.2, 0.25) is 0 Å². The van der Waals surface area contributed by atoms with Crippen molar-refractivity contribution in [2.75, 3.05) is 11.1 Å². The third-order valence-corrected chi connectivity index (χ3v) is 3.25. The van der Waals surface area contributed by atoms with Crippen LogP contribution in [0.2, 0.25) is 5.02 Å². The molecule has 0 bridgehead atoms. The van der Waals surface area contributed by atoms with E-state index in [-0.39, 0.29) is 11.8 Å². The zero-order chi connectivity index (χ0) is 18.1. The van der Waals surface area contributed by atoms with Gasteiger partial charge in [-0.25, -0.2) is 4.39 Å². The van der Waals surface area contributed by atoms with E-state index >= 15 is 0 Å². The van der Waals surface area contributed by atoms with Crippen LogP contribution in [0.1, 0.15) is 12.5 Å². The van der Waals surface area contributed by atoms with Crippen molar-refractivity contribution in [2.45, 2.75) is 19.1 Å². The number of hydrogen-bond acceptors (Lipinski definition) is 3. The minimum atomic E-state index is -4.70. The number of benzene rings is 2. The van der Waals surface area contributed by atoms with Crippen molar-refractivity contribution in [1.82, 2.24) is 0 Å². The van der Waals surface area contributed by atoms with E-state index in [2.05, 4.69) is 12.2 Å². The van der Waals surface area contributed by atoms with Gasteiger partial charge in [-0.15, -0.1) is 0 Å². The summed E-state index contributed by atoms with van der Waals surface area (Å²) in [5.41, 5.74) is 5.51. The van der Waals surface area contributed by atoms with E-state index < -0.39 is 28.3 Å². The predicted octanol–water partition coefficient (Wildman–Crippen LogP) is 5.51. The number of anilines is 2. The molecule has 0 spiro atoms. The first-order chi connectivity index (χ1) is 11.1. The molecule has 0 aliphatic rings. The zero-order valence-corrected chi connectivity index (χ0v) is 13.3. The predicted molar refractivity (Wildman–Crippen MR) is 85.8 cm³/mol. The van der Waals surface area contributed by atoms with E-state index in [1.165, 1.54) is 18.2 Å². The van der Waals surface area contributed by atoms with Crippen LogP contribution in [0.15, 0.2) is 30.3 Å². The molecule has 2 rings (SSSR count). The number of ether oxygens (including phenoxy) is 1. The average Bonchev–Trinajstić information content (AvgIpc) is 2.44. The summed E-state index contributed by atoms with van der Waals surface area (Å²) in [4.78, 5) is 0. The Bertz CT molecular complexity index is 724. The molecule has 0 saturated carbocycles. The molecule has 8 heteroatoms. The fourth-order valence-corrected chi connectivity index (χ4v) is 2.17. The smallest absolute Gasteiger partial charge is 0.416 e. The standard InChI is InChI=1S/C16H14ClF4N2O/c1-8(2)23-14-7-10(3-4-13(14)22)24-15-11(17)5-9(6-12(15)18)16(19,20)21/h3-8,23H,1,22H2,2H3. The molecule has 0 amide bonds. The van der Waals surface area contributed by atoms with Crippen LogP contribution in [-0.2, 0) is 6.18 Å². The lowest BCUT2D eigenvalue weighted by Crippen LogP contribution is -2.11. The first-order valence-electron chi connectivity index (χ1n) is 6.81. The normalized spacial score (nSPS) is 11.7. The van der Waals surface area contributed by atoms with E-state index in [0.717, 1.165) is 0 Å². The van der Waals surface area contributed by atoms with Gasteiger partial charge in [0.05, 0.1) is 22.0 Å². The molecule has 3 N–H and O–H groups in total. The summed E-state index contributed by atoms with van der Waals surface area (Å²) in [7, 11) is 0. The lowest BCUT2D eigenvalue weighted by molar-refractivity contribution is -0.137. The van der Waals surface area contributed by atoms with Crippen LogP contribution in [0.4, 0.5) is 28.9 Å². The highest BCUT2D eigenvalue weighted by Gasteiger charge is 2.32. The Hall–Kier alpha value is -2.15. The summed E-state index contributed by atoms with van der Waals surface area (Å²) in [5, 5.41) is 2.48. The third kappa shape index (κ3) is 4.23. The number of hydrogen-bond donors (Lipinski definition) is 2. The first kappa shape index (κ1) is 18.2. The second-order valence-corrected chi connectivity index (χ2v) is 5.57. The van der Waals surface area contributed by atoms with Crippen molar-refractivity contribution in [3.63, 3.8) is 0 Å². The quantitative estimate of drug-likeness (QED) is 0.558. The Morgan fingerprint density at radius 1 is 1.25 bits per heavy atom. The van der Waals surface area contributed by atoms with Gasteiger partial charge in [0.1, 0.15) is 5.75 Å². The lowest BCUT2D eigenvalue weighted by Gasteiger charge is -2.15. The van der Waals surface area contributed by atoms with Crippen LogP contribution in [-0.4, -0.2) is 6.04 Å². The van der Waals surface area contributed by atoms with Crippen LogP contribution in [0.25, 0.3) is 0 Å². The number of nitrogens with one attached hydrogen (secondary N) is 1. The summed E-state index contributed by atoms with van der Waals surface area (Å²) in [6.45, 7) is 5.55.